The smallest absolute Gasteiger partial charge is 0.212 e. The summed E-state index contributed by atoms with van der Waals surface area (Å²) in [6.45, 7) is 2.46. The van der Waals surface area contributed by atoms with Crippen LogP contribution in [0.15, 0.2) is 81.5 Å². The summed E-state index contributed by atoms with van der Waals surface area (Å²) >= 11 is 11.2. The summed E-state index contributed by atoms with van der Waals surface area (Å²) in [5.74, 6) is 2.82. The van der Waals surface area contributed by atoms with Crippen molar-refractivity contribution in [3.8, 4) is 11.5 Å². The molecule has 0 aliphatic rings. The van der Waals surface area contributed by atoms with Gasteiger partial charge in [-0.2, -0.15) is 9.78 Å². The summed E-state index contributed by atoms with van der Waals surface area (Å²) in [5.41, 5.74) is 2.95. The maximum Gasteiger partial charge on any atom is 0.212 e. The van der Waals surface area contributed by atoms with Gasteiger partial charge < -0.3 is 9.47 Å². The van der Waals surface area contributed by atoms with Gasteiger partial charge in [0.05, 0.1) is 13.3 Å². The number of benzene rings is 3. The first kappa shape index (κ1) is 26.3. The first-order chi connectivity index (χ1) is 17.6. The molecule has 0 atom stereocenters. The normalized spacial score (nSPS) is 11.2. The third kappa shape index (κ3) is 6.90. The Labute approximate surface area is 228 Å². The number of aromatic nitrogens is 3. The van der Waals surface area contributed by atoms with E-state index in [1.54, 1.807) is 25.1 Å². The number of nitrogens with zero attached hydrogens (tertiary/aromatic N) is 4. The minimum absolute atomic E-state index is 0.351. The number of rotatable bonds is 11. The van der Waals surface area contributed by atoms with Gasteiger partial charge in [-0.1, -0.05) is 76.5 Å². The van der Waals surface area contributed by atoms with Gasteiger partial charge in [0.2, 0.25) is 5.16 Å². The van der Waals surface area contributed by atoms with E-state index in [9.17, 15) is 0 Å². The Morgan fingerprint density at radius 2 is 1.86 bits per heavy atom. The summed E-state index contributed by atoms with van der Waals surface area (Å²) in [7, 11) is 1.62. The number of halogens is 2. The van der Waals surface area contributed by atoms with Crippen LogP contribution in [0.1, 0.15) is 35.9 Å². The molecule has 0 saturated carbocycles. The fraction of sp³-hybridized carbons (Fsp3) is 0.222. The van der Waals surface area contributed by atoms with Crippen LogP contribution in [0.2, 0.25) is 5.02 Å². The quantitative estimate of drug-likeness (QED) is 0.135. The van der Waals surface area contributed by atoms with Crippen LogP contribution in [-0.4, -0.2) is 28.2 Å². The van der Waals surface area contributed by atoms with Crippen LogP contribution in [-0.2, 0) is 18.8 Å². The Hall–Kier alpha value is -2.81. The molecule has 0 aliphatic heterocycles. The van der Waals surface area contributed by atoms with E-state index >= 15 is 0 Å². The van der Waals surface area contributed by atoms with Crippen LogP contribution in [0.4, 0.5) is 0 Å². The highest BCUT2D eigenvalue weighted by Crippen LogP contribution is 2.31. The molecule has 0 unspecified atom stereocenters. The van der Waals surface area contributed by atoms with Gasteiger partial charge in [0.25, 0.3) is 0 Å². The molecule has 186 valence electrons. The highest BCUT2D eigenvalue weighted by molar-refractivity contribution is 9.10. The summed E-state index contributed by atoms with van der Waals surface area (Å²) in [5, 5.41) is 15.0. The molecule has 36 heavy (non-hydrogen) atoms. The molecule has 0 radical (unpaired) electrons. The van der Waals surface area contributed by atoms with E-state index in [0.717, 1.165) is 45.2 Å². The molecule has 0 amide bonds. The third-order valence-electron chi connectivity index (χ3n) is 5.25. The summed E-state index contributed by atoms with van der Waals surface area (Å²) < 4.78 is 14.6. The molecule has 1 aromatic heterocycles. The minimum atomic E-state index is 0.351. The lowest BCUT2D eigenvalue weighted by Gasteiger charge is -2.13. The Morgan fingerprint density at radius 1 is 1.06 bits per heavy atom. The lowest BCUT2D eigenvalue weighted by atomic mass is 10.2. The van der Waals surface area contributed by atoms with E-state index in [1.807, 2.05) is 59.3 Å². The number of hydrogen-bond acceptors (Lipinski definition) is 6. The molecule has 0 N–H and O–H groups in total. The van der Waals surface area contributed by atoms with Crippen LogP contribution in [0.5, 0.6) is 11.5 Å². The summed E-state index contributed by atoms with van der Waals surface area (Å²) in [4.78, 5) is 0. The molecule has 0 aliphatic carbocycles. The van der Waals surface area contributed by atoms with Gasteiger partial charge >= 0.3 is 0 Å². The Bertz CT molecular complexity index is 1330. The second-order valence-corrected chi connectivity index (χ2v) is 10.2. The van der Waals surface area contributed by atoms with Gasteiger partial charge in [-0.25, -0.2) is 0 Å². The van der Waals surface area contributed by atoms with Gasteiger partial charge in [-0.05, 0) is 53.9 Å². The van der Waals surface area contributed by atoms with Crippen molar-refractivity contribution in [2.24, 2.45) is 5.10 Å². The second kappa shape index (κ2) is 12.9. The first-order valence-corrected chi connectivity index (χ1v) is 13.6. The summed E-state index contributed by atoms with van der Waals surface area (Å²) in [6, 6.07) is 21.6. The fourth-order valence-corrected chi connectivity index (χ4v) is 4.80. The van der Waals surface area contributed by atoms with Crippen LogP contribution < -0.4 is 9.47 Å². The number of hydrogen-bond donors (Lipinski definition) is 0. The second-order valence-electron chi connectivity index (χ2n) is 7.92. The number of ether oxygens (including phenoxy) is 2. The Balaban J connectivity index is 1.58. The number of methoxy groups -OCH3 is 1. The van der Waals surface area contributed by atoms with Crippen molar-refractivity contribution < 1.29 is 9.47 Å². The van der Waals surface area contributed by atoms with Crippen molar-refractivity contribution in [1.82, 2.24) is 14.9 Å². The van der Waals surface area contributed by atoms with E-state index in [0.29, 0.717) is 23.1 Å². The topological polar surface area (TPSA) is 61.5 Å². The molecule has 0 fully saturated rings. The molecule has 1 heterocycles. The number of thioether (sulfide) groups is 1. The standard InChI is InChI=1S/C27H26BrClN4O2S/c1-3-6-25-31-32-27(36-18-19-11-13-22(28)14-12-19)33(25)30-16-21-8-5-10-24(34-2)26(21)35-17-20-7-4-9-23(29)15-20/h4-5,7-16H,3,6,17-18H2,1-2H3/b30-16+. The zero-order chi connectivity index (χ0) is 25.3. The van der Waals surface area contributed by atoms with E-state index < -0.39 is 0 Å². The molecular formula is C27H26BrClN4O2S. The fourth-order valence-electron chi connectivity index (χ4n) is 3.46. The monoisotopic (exact) mass is 584 g/mol. The van der Waals surface area contributed by atoms with Crippen molar-refractivity contribution in [3.63, 3.8) is 0 Å². The van der Waals surface area contributed by atoms with Gasteiger partial charge in [0, 0.05) is 27.2 Å². The predicted octanol–water partition coefficient (Wildman–Crippen LogP) is 7.41. The van der Waals surface area contributed by atoms with Gasteiger partial charge in [-0.3, -0.25) is 0 Å². The van der Waals surface area contributed by atoms with E-state index in [2.05, 4.69) is 45.2 Å². The highest BCUT2D eigenvalue weighted by Gasteiger charge is 2.14. The lowest BCUT2D eigenvalue weighted by Crippen LogP contribution is -2.03. The Morgan fingerprint density at radius 3 is 2.61 bits per heavy atom. The number of para-hydroxylation sites is 1. The molecule has 4 aromatic rings. The van der Waals surface area contributed by atoms with Crippen molar-refractivity contribution >= 4 is 45.5 Å². The highest BCUT2D eigenvalue weighted by atomic mass is 79.9. The molecule has 0 spiro atoms. The largest absolute Gasteiger partial charge is 0.493 e. The van der Waals surface area contributed by atoms with Crippen molar-refractivity contribution in [2.45, 2.75) is 37.3 Å². The van der Waals surface area contributed by atoms with Gasteiger partial charge in [0.1, 0.15) is 6.61 Å². The van der Waals surface area contributed by atoms with E-state index in [-0.39, 0.29) is 0 Å². The van der Waals surface area contributed by atoms with Crippen LogP contribution in [0.25, 0.3) is 0 Å². The van der Waals surface area contributed by atoms with Crippen molar-refractivity contribution in [1.29, 1.82) is 0 Å². The molecule has 0 bridgehead atoms. The molecular weight excluding hydrogens is 560 g/mol. The zero-order valence-corrected chi connectivity index (χ0v) is 23.2. The first-order valence-electron chi connectivity index (χ1n) is 11.5. The van der Waals surface area contributed by atoms with Crippen molar-refractivity contribution in [2.75, 3.05) is 7.11 Å². The summed E-state index contributed by atoms with van der Waals surface area (Å²) in [6.07, 6.45) is 3.49. The molecule has 9 heteroatoms. The van der Waals surface area contributed by atoms with E-state index in [1.165, 1.54) is 5.56 Å². The van der Waals surface area contributed by atoms with Crippen molar-refractivity contribution in [3.05, 3.63) is 98.7 Å². The predicted molar refractivity (Wildman–Crippen MR) is 149 cm³/mol. The zero-order valence-electron chi connectivity index (χ0n) is 20.0. The molecule has 4 rings (SSSR count). The van der Waals surface area contributed by atoms with Crippen LogP contribution >= 0.6 is 39.3 Å². The van der Waals surface area contributed by atoms with Crippen LogP contribution in [0.3, 0.4) is 0 Å². The van der Waals surface area contributed by atoms with Gasteiger partial charge in [-0.15, -0.1) is 10.2 Å². The Kier molecular flexibility index (Phi) is 9.44. The van der Waals surface area contributed by atoms with E-state index in [4.69, 9.17) is 26.2 Å². The van der Waals surface area contributed by atoms with Crippen LogP contribution in [0, 0.1) is 0 Å². The maximum absolute atomic E-state index is 6.17. The minimum Gasteiger partial charge on any atom is -0.493 e. The maximum atomic E-state index is 6.17. The third-order valence-corrected chi connectivity index (χ3v) is 7.00. The molecule has 3 aromatic carbocycles. The molecule has 6 nitrogen and oxygen atoms in total. The SMILES string of the molecule is CCCc1nnc(SCc2ccc(Br)cc2)n1/N=C/c1cccc(OC)c1OCc1cccc(Cl)c1. The average molecular weight is 586 g/mol. The number of aryl methyl sites for hydroxylation is 1. The lowest BCUT2D eigenvalue weighted by molar-refractivity contribution is 0.284. The molecule has 0 saturated heterocycles. The van der Waals surface area contributed by atoms with Gasteiger partial charge in [0.15, 0.2) is 17.3 Å². The average Bonchev–Trinajstić information content (AvgIpc) is 3.27.